The summed E-state index contributed by atoms with van der Waals surface area (Å²) in [4.78, 5) is 1.97. The van der Waals surface area contributed by atoms with Gasteiger partial charge in [0, 0.05) is 18.8 Å². The van der Waals surface area contributed by atoms with Gasteiger partial charge in [0.2, 0.25) is 0 Å². The number of morpholine rings is 1. The first-order valence-corrected chi connectivity index (χ1v) is 9.03. The molecule has 28 heavy (non-hydrogen) atoms. The summed E-state index contributed by atoms with van der Waals surface area (Å²) in [6, 6.07) is 10.7. The monoisotopic (exact) mass is 411 g/mol. The molecule has 0 amide bonds. The van der Waals surface area contributed by atoms with E-state index in [1.54, 1.807) is 31.4 Å². The van der Waals surface area contributed by atoms with Gasteiger partial charge in [-0.1, -0.05) is 0 Å². The van der Waals surface area contributed by atoms with E-state index >= 15 is 0 Å². The molecule has 150 valence electrons. The van der Waals surface area contributed by atoms with Crippen LogP contribution in [0.2, 0.25) is 0 Å². The summed E-state index contributed by atoms with van der Waals surface area (Å²) >= 11 is 5.30. The Morgan fingerprint density at radius 3 is 2.36 bits per heavy atom. The van der Waals surface area contributed by atoms with E-state index < -0.39 is 11.7 Å². The van der Waals surface area contributed by atoms with E-state index in [1.807, 2.05) is 4.90 Å². The van der Waals surface area contributed by atoms with E-state index in [2.05, 4.69) is 10.6 Å². The highest BCUT2D eigenvalue weighted by molar-refractivity contribution is 7.80. The Kier molecular flexibility index (Phi) is 6.25. The molecule has 3 rings (SSSR count). The normalized spacial score (nSPS) is 14.5. The number of benzene rings is 2. The molecule has 0 spiro atoms. The Bertz CT molecular complexity index is 822. The van der Waals surface area contributed by atoms with Gasteiger partial charge in [-0.05, 0) is 54.7 Å². The molecule has 0 aromatic heterocycles. The van der Waals surface area contributed by atoms with Gasteiger partial charge in [-0.2, -0.15) is 13.2 Å². The molecule has 1 saturated heterocycles. The zero-order valence-corrected chi connectivity index (χ0v) is 16.0. The second-order valence-corrected chi connectivity index (χ2v) is 6.54. The van der Waals surface area contributed by atoms with Crippen LogP contribution in [-0.2, 0) is 10.9 Å². The van der Waals surface area contributed by atoms with Crippen LogP contribution in [-0.4, -0.2) is 38.5 Å². The molecule has 5 nitrogen and oxygen atoms in total. The first-order valence-electron chi connectivity index (χ1n) is 8.63. The Balaban J connectivity index is 1.81. The van der Waals surface area contributed by atoms with Gasteiger partial charge in [0.05, 0.1) is 37.3 Å². The minimum atomic E-state index is -4.44. The third-order valence-corrected chi connectivity index (χ3v) is 4.48. The molecule has 0 unspecified atom stereocenters. The van der Waals surface area contributed by atoms with Gasteiger partial charge in [-0.25, -0.2) is 0 Å². The second-order valence-electron chi connectivity index (χ2n) is 6.14. The summed E-state index contributed by atoms with van der Waals surface area (Å²) < 4.78 is 50.0. The molecule has 2 aromatic carbocycles. The molecule has 1 heterocycles. The van der Waals surface area contributed by atoms with Crippen molar-refractivity contribution in [2.75, 3.05) is 48.9 Å². The van der Waals surface area contributed by atoms with E-state index in [1.165, 1.54) is 6.07 Å². The standard InChI is InChI=1S/C19H20F3N3O2S/c1-26-15-5-3-14(4-6-15)23-18(28)24-16-12-13(19(20,21)22)2-7-17(16)25-8-10-27-11-9-25/h2-7,12H,8-11H2,1H3,(H2,23,24,28). The lowest BCUT2D eigenvalue weighted by molar-refractivity contribution is -0.137. The lowest BCUT2D eigenvalue weighted by atomic mass is 10.1. The number of nitrogens with one attached hydrogen (secondary N) is 2. The number of methoxy groups -OCH3 is 1. The van der Waals surface area contributed by atoms with Gasteiger partial charge >= 0.3 is 6.18 Å². The highest BCUT2D eigenvalue weighted by Crippen LogP contribution is 2.36. The molecule has 0 saturated carbocycles. The number of anilines is 3. The van der Waals surface area contributed by atoms with Crippen LogP contribution in [0.3, 0.4) is 0 Å². The fourth-order valence-electron chi connectivity index (χ4n) is 2.85. The first-order chi connectivity index (χ1) is 13.4. The van der Waals surface area contributed by atoms with Crippen LogP contribution in [0.15, 0.2) is 42.5 Å². The molecular weight excluding hydrogens is 391 g/mol. The zero-order chi connectivity index (χ0) is 20.1. The number of thiocarbonyl (C=S) groups is 1. The zero-order valence-electron chi connectivity index (χ0n) is 15.2. The van der Waals surface area contributed by atoms with Crippen LogP contribution < -0.4 is 20.3 Å². The molecular formula is C19H20F3N3O2S. The van der Waals surface area contributed by atoms with Crippen LogP contribution in [0.25, 0.3) is 0 Å². The third kappa shape index (κ3) is 5.05. The molecule has 0 bridgehead atoms. The van der Waals surface area contributed by atoms with Crippen molar-refractivity contribution < 1.29 is 22.6 Å². The molecule has 2 N–H and O–H groups in total. The van der Waals surface area contributed by atoms with Gasteiger partial charge in [-0.3, -0.25) is 0 Å². The van der Waals surface area contributed by atoms with Crippen molar-refractivity contribution in [1.82, 2.24) is 0 Å². The highest BCUT2D eigenvalue weighted by Gasteiger charge is 2.31. The average Bonchev–Trinajstić information content (AvgIpc) is 2.68. The van der Waals surface area contributed by atoms with Gasteiger partial charge in [0.15, 0.2) is 5.11 Å². The summed E-state index contributed by atoms with van der Waals surface area (Å²) in [5, 5.41) is 6.07. The fraction of sp³-hybridized carbons (Fsp3) is 0.316. The van der Waals surface area contributed by atoms with Crippen LogP contribution in [0.4, 0.5) is 30.2 Å². The molecule has 1 aliphatic rings. The van der Waals surface area contributed by atoms with Crippen molar-refractivity contribution >= 4 is 34.4 Å². The molecule has 2 aromatic rings. The highest BCUT2D eigenvalue weighted by atomic mass is 32.1. The maximum atomic E-state index is 13.2. The SMILES string of the molecule is COc1ccc(NC(=S)Nc2cc(C(F)(F)F)ccc2N2CCOCC2)cc1. The number of halogens is 3. The topological polar surface area (TPSA) is 45.8 Å². The van der Waals surface area contributed by atoms with Gasteiger partial charge in [0.1, 0.15) is 5.75 Å². The second kappa shape index (κ2) is 8.66. The van der Waals surface area contributed by atoms with Gasteiger partial charge in [-0.15, -0.1) is 0 Å². The molecule has 0 radical (unpaired) electrons. The number of nitrogens with zero attached hydrogens (tertiary/aromatic N) is 1. The smallest absolute Gasteiger partial charge is 0.416 e. The van der Waals surface area contributed by atoms with Gasteiger partial charge < -0.3 is 25.0 Å². The maximum absolute atomic E-state index is 13.2. The Labute approximate surface area is 166 Å². The van der Waals surface area contributed by atoms with Crippen molar-refractivity contribution in [2.45, 2.75) is 6.18 Å². The number of alkyl halides is 3. The van der Waals surface area contributed by atoms with Crippen LogP contribution in [0.5, 0.6) is 5.75 Å². The quantitative estimate of drug-likeness (QED) is 0.729. The van der Waals surface area contributed by atoms with E-state index in [-0.39, 0.29) is 5.11 Å². The Hall–Kier alpha value is -2.52. The summed E-state index contributed by atoms with van der Waals surface area (Å²) in [7, 11) is 1.56. The minimum Gasteiger partial charge on any atom is -0.497 e. The predicted octanol–water partition coefficient (Wildman–Crippen LogP) is 4.36. The summed E-state index contributed by atoms with van der Waals surface area (Å²) in [5.74, 6) is 0.692. The van der Waals surface area contributed by atoms with Crippen LogP contribution >= 0.6 is 12.2 Å². The molecule has 0 aliphatic carbocycles. The Morgan fingerprint density at radius 2 is 1.75 bits per heavy atom. The number of hydrogen-bond donors (Lipinski definition) is 2. The fourth-order valence-corrected chi connectivity index (χ4v) is 3.08. The predicted molar refractivity (Wildman–Crippen MR) is 107 cm³/mol. The Morgan fingerprint density at radius 1 is 1.07 bits per heavy atom. The minimum absolute atomic E-state index is 0.194. The molecule has 1 aliphatic heterocycles. The van der Waals surface area contributed by atoms with E-state index in [4.69, 9.17) is 21.7 Å². The van der Waals surface area contributed by atoms with Gasteiger partial charge in [0.25, 0.3) is 0 Å². The molecule has 9 heteroatoms. The van der Waals surface area contributed by atoms with Crippen molar-refractivity contribution in [2.24, 2.45) is 0 Å². The van der Waals surface area contributed by atoms with E-state index in [0.717, 1.165) is 12.1 Å². The van der Waals surface area contributed by atoms with Crippen LogP contribution in [0, 0.1) is 0 Å². The molecule has 1 fully saturated rings. The van der Waals surface area contributed by atoms with E-state index in [9.17, 15) is 13.2 Å². The number of hydrogen-bond acceptors (Lipinski definition) is 4. The lowest BCUT2D eigenvalue weighted by Crippen LogP contribution is -2.37. The third-order valence-electron chi connectivity index (χ3n) is 4.27. The van der Waals surface area contributed by atoms with Crippen molar-refractivity contribution in [3.8, 4) is 5.75 Å². The summed E-state index contributed by atoms with van der Waals surface area (Å²) in [5.41, 5.74) is 0.898. The first kappa shape index (κ1) is 20.2. The number of ether oxygens (including phenoxy) is 2. The summed E-state index contributed by atoms with van der Waals surface area (Å²) in [6.45, 7) is 2.24. The lowest BCUT2D eigenvalue weighted by Gasteiger charge is -2.31. The van der Waals surface area contributed by atoms with Crippen molar-refractivity contribution in [3.63, 3.8) is 0 Å². The molecule has 0 atom stereocenters. The summed E-state index contributed by atoms with van der Waals surface area (Å²) in [6.07, 6.45) is -4.44. The van der Waals surface area contributed by atoms with Crippen molar-refractivity contribution in [3.05, 3.63) is 48.0 Å². The maximum Gasteiger partial charge on any atom is 0.416 e. The van der Waals surface area contributed by atoms with Crippen molar-refractivity contribution in [1.29, 1.82) is 0 Å². The van der Waals surface area contributed by atoms with Crippen LogP contribution in [0.1, 0.15) is 5.56 Å². The average molecular weight is 411 g/mol. The number of rotatable bonds is 4. The largest absolute Gasteiger partial charge is 0.497 e. The van der Waals surface area contributed by atoms with E-state index in [0.29, 0.717) is 49.1 Å².